The standard InChI is InChI=1S/C20H25FN2O2S/c1-16-6-4-5-7-19(16)26(24,25)23-14-12-22(13-15-23)20(2,3)17-8-10-18(21)11-9-17/h4-11H,12-15H2,1-3H3. The molecule has 0 N–H and O–H groups in total. The van der Waals surface area contributed by atoms with Gasteiger partial charge >= 0.3 is 0 Å². The molecule has 0 bridgehead atoms. The van der Waals surface area contributed by atoms with Crippen LogP contribution in [-0.2, 0) is 15.6 Å². The maximum atomic E-state index is 13.2. The Morgan fingerprint density at radius 2 is 1.50 bits per heavy atom. The first-order valence-electron chi connectivity index (χ1n) is 8.80. The zero-order chi connectivity index (χ0) is 18.9. The molecular formula is C20H25FN2O2S. The van der Waals surface area contributed by atoms with Crippen LogP contribution >= 0.6 is 0 Å². The minimum absolute atomic E-state index is 0.251. The minimum Gasteiger partial charge on any atom is -0.292 e. The van der Waals surface area contributed by atoms with Gasteiger partial charge < -0.3 is 0 Å². The number of piperazine rings is 1. The molecule has 0 spiro atoms. The summed E-state index contributed by atoms with van der Waals surface area (Å²) >= 11 is 0. The highest BCUT2D eigenvalue weighted by Crippen LogP contribution is 2.30. The molecule has 1 aliphatic heterocycles. The molecule has 0 atom stereocenters. The van der Waals surface area contributed by atoms with Gasteiger partial charge in [0.25, 0.3) is 0 Å². The van der Waals surface area contributed by atoms with Crippen LogP contribution in [0.5, 0.6) is 0 Å². The molecule has 0 unspecified atom stereocenters. The number of nitrogens with zero attached hydrogens (tertiary/aromatic N) is 2. The van der Waals surface area contributed by atoms with E-state index < -0.39 is 10.0 Å². The van der Waals surface area contributed by atoms with Gasteiger partial charge in [-0.15, -0.1) is 0 Å². The molecule has 140 valence electrons. The summed E-state index contributed by atoms with van der Waals surface area (Å²) in [6.07, 6.45) is 0. The molecule has 26 heavy (non-hydrogen) atoms. The van der Waals surface area contributed by atoms with Crippen LogP contribution in [0.4, 0.5) is 4.39 Å². The van der Waals surface area contributed by atoms with Crippen LogP contribution in [0.2, 0.25) is 0 Å². The summed E-state index contributed by atoms with van der Waals surface area (Å²) in [5.41, 5.74) is 1.50. The van der Waals surface area contributed by atoms with E-state index in [0.717, 1.165) is 11.1 Å². The Morgan fingerprint density at radius 1 is 0.923 bits per heavy atom. The van der Waals surface area contributed by atoms with E-state index in [2.05, 4.69) is 18.7 Å². The molecule has 0 saturated carbocycles. The third-order valence-electron chi connectivity index (χ3n) is 5.29. The highest BCUT2D eigenvalue weighted by atomic mass is 32.2. The number of rotatable bonds is 4. The Hall–Kier alpha value is -1.76. The summed E-state index contributed by atoms with van der Waals surface area (Å²) in [7, 11) is -3.47. The van der Waals surface area contributed by atoms with Gasteiger partial charge in [-0.25, -0.2) is 12.8 Å². The molecule has 2 aromatic carbocycles. The van der Waals surface area contributed by atoms with Gasteiger partial charge in [0, 0.05) is 31.7 Å². The number of halogens is 1. The smallest absolute Gasteiger partial charge is 0.243 e. The molecular weight excluding hydrogens is 351 g/mol. The first-order chi connectivity index (χ1) is 12.2. The van der Waals surface area contributed by atoms with Crippen molar-refractivity contribution < 1.29 is 12.8 Å². The largest absolute Gasteiger partial charge is 0.292 e. The summed E-state index contributed by atoms with van der Waals surface area (Å²) in [4.78, 5) is 2.63. The summed E-state index contributed by atoms with van der Waals surface area (Å²) < 4.78 is 40.6. The Balaban J connectivity index is 1.75. The minimum atomic E-state index is -3.47. The average molecular weight is 376 g/mol. The Morgan fingerprint density at radius 3 is 2.08 bits per heavy atom. The highest BCUT2D eigenvalue weighted by molar-refractivity contribution is 7.89. The van der Waals surface area contributed by atoms with E-state index in [-0.39, 0.29) is 11.4 Å². The van der Waals surface area contributed by atoms with Gasteiger partial charge in [0.15, 0.2) is 0 Å². The first kappa shape index (κ1) is 19.0. The zero-order valence-electron chi connectivity index (χ0n) is 15.4. The zero-order valence-corrected chi connectivity index (χ0v) is 16.3. The van der Waals surface area contributed by atoms with Gasteiger partial charge in [-0.3, -0.25) is 4.90 Å². The van der Waals surface area contributed by atoms with Gasteiger partial charge in [-0.05, 0) is 50.1 Å². The highest BCUT2D eigenvalue weighted by Gasteiger charge is 2.35. The van der Waals surface area contributed by atoms with E-state index in [1.54, 1.807) is 28.6 Å². The predicted octanol–water partition coefficient (Wildman–Crippen LogP) is 3.38. The van der Waals surface area contributed by atoms with E-state index in [0.29, 0.717) is 31.1 Å². The Bertz CT molecular complexity index is 871. The molecule has 1 fully saturated rings. The van der Waals surface area contributed by atoms with Crippen molar-refractivity contribution in [1.82, 2.24) is 9.21 Å². The Labute approximate surface area is 155 Å². The van der Waals surface area contributed by atoms with E-state index >= 15 is 0 Å². The van der Waals surface area contributed by atoms with Crippen molar-refractivity contribution in [3.05, 3.63) is 65.5 Å². The average Bonchev–Trinajstić information content (AvgIpc) is 2.62. The van der Waals surface area contributed by atoms with E-state index in [1.165, 1.54) is 12.1 Å². The predicted molar refractivity (Wildman–Crippen MR) is 101 cm³/mol. The first-order valence-corrected chi connectivity index (χ1v) is 10.2. The monoisotopic (exact) mass is 376 g/mol. The van der Waals surface area contributed by atoms with Crippen molar-refractivity contribution in [2.45, 2.75) is 31.2 Å². The van der Waals surface area contributed by atoms with Crippen LogP contribution in [0.3, 0.4) is 0 Å². The summed E-state index contributed by atoms with van der Waals surface area (Å²) in [6.45, 7) is 8.16. The second-order valence-corrected chi connectivity index (χ2v) is 9.13. The summed E-state index contributed by atoms with van der Waals surface area (Å²) in [6, 6.07) is 13.6. The second-order valence-electron chi connectivity index (χ2n) is 7.22. The van der Waals surface area contributed by atoms with Crippen LogP contribution in [0, 0.1) is 12.7 Å². The van der Waals surface area contributed by atoms with Gasteiger partial charge in [0.2, 0.25) is 10.0 Å². The molecule has 2 aromatic rings. The maximum Gasteiger partial charge on any atom is 0.243 e. The number of benzene rings is 2. The quantitative estimate of drug-likeness (QED) is 0.821. The van der Waals surface area contributed by atoms with Gasteiger partial charge in [-0.2, -0.15) is 4.31 Å². The normalized spacial score (nSPS) is 17.4. The molecule has 1 saturated heterocycles. The van der Waals surface area contributed by atoms with E-state index in [4.69, 9.17) is 0 Å². The third kappa shape index (κ3) is 3.54. The molecule has 0 aromatic heterocycles. The van der Waals surface area contributed by atoms with Crippen molar-refractivity contribution in [3.63, 3.8) is 0 Å². The lowest BCUT2D eigenvalue weighted by Gasteiger charge is -2.44. The van der Waals surface area contributed by atoms with Gasteiger partial charge in [-0.1, -0.05) is 30.3 Å². The van der Waals surface area contributed by atoms with Gasteiger partial charge in [0.05, 0.1) is 4.90 Å². The number of aryl methyl sites for hydroxylation is 1. The Kier molecular flexibility index (Phi) is 5.19. The van der Waals surface area contributed by atoms with Crippen LogP contribution in [0.1, 0.15) is 25.0 Å². The summed E-state index contributed by atoms with van der Waals surface area (Å²) in [5.74, 6) is -0.251. The SMILES string of the molecule is Cc1ccccc1S(=O)(=O)N1CCN(C(C)(C)c2ccc(F)cc2)CC1. The molecule has 0 aliphatic carbocycles. The molecule has 1 heterocycles. The van der Waals surface area contributed by atoms with Crippen molar-refractivity contribution in [1.29, 1.82) is 0 Å². The number of hydrogen-bond acceptors (Lipinski definition) is 3. The number of hydrogen-bond donors (Lipinski definition) is 0. The summed E-state index contributed by atoms with van der Waals surface area (Å²) in [5, 5.41) is 0. The molecule has 0 radical (unpaired) electrons. The van der Waals surface area contributed by atoms with Crippen LogP contribution in [-0.4, -0.2) is 43.8 Å². The molecule has 3 rings (SSSR count). The van der Waals surface area contributed by atoms with Crippen LogP contribution in [0.25, 0.3) is 0 Å². The lowest BCUT2D eigenvalue weighted by Crippen LogP contribution is -2.54. The lowest BCUT2D eigenvalue weighted by molar-refractivity contribution is 0.0777. The maximum absolute atomic E-state index is 13.2. The van der Waals surface area contributed by atoms with Crippen molar-refractivity contribution in [3.8, 4) is 0 Å². The van der Waals surface area contributed by atoms with Gasteiger partial charge in [0.1, 0.15) is 5.82 Å². The topological polar surface area (TPSA) is 40.6 Å². The molecule has 4 nitrogen and oxygen atoms in total. The van der Waals surface area contributed by atoms with Crippen molar-refractivity contribution in [2.24, 2.45) is 0 Å². The fourth-order valence-corrected chi connectivity index (χ4v) is 5.16. The molecule has 6 heteroatoms. The fraction of sp³-hybridized carbons (Fsp3) is 0.400. The lowest BCUT2D eigenvalue weighted by atomic mass is 9.91. The molecule has 0 amide bonds. The molecule has 1 aliphatic rings. The number of sulfonamides is 1. The van der Waals surface area contributed by atoms with Crippen LogP contribution < -0.4 is 0 Å². The van der Waals surface area contributed by atoms with Crippen molar-refractivity contribution >= 4 is 10.0 Å². The van der Waals surface area contributed by atoms with Crippen molar-refractivity contribution in [2.75, 3.05) is 26.2 Å². The van der Waals surface area contributed by atoms with E-state index in [9.17, 15) is 12.8 Å². The van der Waals surface area contributed by atoms with E-state index in [1.807, 2.05) is 19.1 Å². The third-order valence-corrected chi connectivity index (χ3v) is 7.35. The fourth-order valence-electron chi connectivity index (χ4n) is 3.51. The second kappa shape index (κ2) is 7.10. The van der Waals surface area contributed by atoms with Crippen LogP contribution in [0.15, 0.2) is 53.4 Å².